The summed E-state index contributed by atoms with van der Waals surface area (Å²) < 4.78 is 15.1. The van der Waals surface area contributed by atoms with Crippen molar-refractivity contribution >= 4 is 0 Å². The molecule has 0 radical (unpaired) electrons. The molecule has 0 atom stereocenters. The van der Waals surface area contributed by atoms with E-state index in [9.17, 15) is 0 Å². The van der Waals surface area contributed by atoms with Gasteiger partial charge in [0.15, 0.2) is 18.3 Å². The zero-order valence-electron chi connectivity index (χ0n) is 8.69. The fourth-order valence-corrected chi connectivity index (χ4v) is 1.03. The topological polar surface area (TPSA) is 64.4 Å². The van der Waals surface area contributed by atoms with Crippen molar-refractivity contribution in [3.63, 3.8) is 0 Å². The molecule has 0 N–H and O–H groups in total. The summed E-state index contributed by atoms with van der Waals surface area (Å²) in [5, 5.41) is 8.53. The van der Waals surface area contributed by atoms with Crippen molar-refractivity contribution < 1.29 is 14.2 Å². The van der Waals surface area contributed by atoms with Gasteiger partial charge in [0.25, 0.3) is 0 Å². The van der Waals surface area contributed by atoms with Gasteiger partial charge >= 0.3 is 0 Å². The fraction of sp³-hybridized carbons (Fsp3) is 0.400. The Morgan fingerprint density at radius 2 is 2.20 bits per heavy atom. The van der Waals surface area contributed by atoms with Gasteiger partial charge in [-0.05, 0) is 0 Å². The Balaban J connectivity index is 2.87. The molecule has 80 valence electrons. The first-order chi connectivity index (χ1) is 7.31. The fourth-order valence-electron chi connectivity index (χ4n) is 1.03. The third kappa shape index (κ3) is 3.11. The van der Waals surface area contributed by atoms with Crippen LogP contribution < -0.4 is 9.47 Å². The van der Waals surface area contributed by atoms with Crippen LogP contribution in [0.3, 0.4) is 0 Å². The highest BCUT2D eigenvalue weighted by atomic mass is 16.7. The summed E-state index contributed by atoms with van der Waals surface area (Å²) in [6, 6.07) is 3.68. The molecule has 5 heteroatoms. The molecule has 1 heterocycles. The molecule has 0 aliphatic carbocycles. The van der Waals surface area contributed by atoms with E-state index < -0.39 is 0 Å². The molecule has 1 rings (SSSR count). The van der Waals surface area contributed by atoms with Crippen molar-refractivity contribution in [1.82, 2.24) is 4.98 Å². The third-order valence-electron chi connectivity index (χ3n) is 1.70. The van der Waals surface area contributed by atoms with Crippen LogP contribution >= 0.6 is 0 Å². The second-order valence-corrected chi connectivity index (χ2v) is 2.71. The van der Waals surface area contributed by atoms with Crippen LogP contribution in [-0.4, -0.2) is 26.0 Å². The van der Waals surface area contributed by atoms with Crippen LogP contribution in [0.2, 0.25) is 0 Å². The van der Waals surface area contributed by atoms with Crippen LogP contribution in [0.25, 0.3) is 0 Å². The second kappa shape index (κ2) is 5.83. The number of hydrogen-bond donors (Lipinski definition) is 0. The summed E-state index contributed by atoms with van der Waals surface area (Å²) in [4.78, 5) is 4.04. The number of hydrogen-bond acceptors (Lipinski definition) is 5. The Hall–Kier alpha value is -1.80. The van der Waals surface area contributed by atoms with Crippen LogP contribution in [0.15, 0.2) is 12.3 Å². The van der Waals surface area contributed by atoms with Crippen LogP contribution in [0.5, 0.6) is 11.5 Å². The lowest BCUT2D eigenvalue weighted by Crippen LogP contribution is -2.02. The van der Waals surface area contributed by atoms with Crippen molar-refractivity contribution in [2.45, 2.75) is 6.42 Å². The first kappa shape index (κ1) is 11.3. The average molecular weight is 208 g/mol. The highest BCUT2D eigenvalue weighted by Crippen LogP contribution is 2.26. The van der Waals surface area contributed by atoms with Gasteiger partial charge in [-0.25, -0.2) is 0 Å². The molecule has 1 aromatic rings. The number of pyridine rings is 1. The van der Waals surface area contributed by atoms with Crippen LogP contribution in [0, 0.1) is 11.3 Å². The molecule has 0 unspecified atom stereocenters. The molecule has 0 aliphatic rings. The Kier molecular flexibility index (Phi) is 4.38. The van der Waals surface area contributed by atoms with Gasteiger partial charge in [-0.1, -0.05) is 0 Å². The van der Waals surface area contributed by atoms with Crippen molar-refractivity contribution in [2.24, 2.45) is 0 Å². The van der Waals surface area contributed by atoms with Gasteiger partial charge in [0.2, 0.25) is 0 Å². The summed E-state index contributed by atoms with van der Waals surface area (Å²) in [5.74, 6) is 1.05. The number of nitriles is 1. The number of aromatic nitrogens is 1. The minimum absolute atomic E-state index is 0.131. The lowest BCUT2D eigenvalue weighted by atomic mass is 10.2. The van der Waals surface area contributed by atoms with Gasteiger partial charge in [-0.3, -0.25) is 4.98 Å². The van der Waals surface area contributed by atoms with Crippen LogP contribution in [0.1, 0.15) is 5.69 Å². The SMILES string of the molecule is COCOc1cc(CC#N)ncc1OC. The molecule has 1 aromatic heterocycles. The van der Waals surface area contributed by atoms with Gasteiger partial charge in [0, 0.05) is 13.2 Å². The summed E-state index contributed by atoms with van der Waals surface area (Å²) in [6.07, 6.45) is 1.77. The number of rotatable bonds is 5. The highest BCUT2D eigenvalue weighted by Gasteiger charge is 2.06. The molecule has 0 fully saturated rings. The maximum atomic E-state index is 8.53. The van der Waals surface area contributed by atoms with Gasteiger partial charge in [-0.2, -0.15) is 5.26 Å². The predicted octanol–water partition coefficient (Wildman–Crippen LogP) is 1.14. The summed E-state index contributed by atoms with van der Waals surface area (Å²) in [7, 11) is 3.06. The smallest absolute Gasteiger partial charge is 0.188 e. The van der Waals surface area contributed by atoms with E-state index in [1.54, 1.807) is 6.07 Å². The minimum Gasteiger partial charge on any atom is -0.491 e. The molecule has 0 amide bonds. The molecular formula is C10H12N2O3. The highest BCUT2D eigenvalue weighted by molar-refractivity contribution is 5.39. The number of nitrogens with zero attached hydrogens (tertiary/aromatic N) is 2. The molecule has 0 bridgehead atoms. The molecule has 0 saturated heterocycles. The molecule has 0 aromatic carbocycles. The van der Waals surface area contributed by atoms with Gasteiger partial charge in [0.05, 0.1) is 31.5 Å². The summed E-state index contributed by atoms with van der Waals surface area (Å²) in [6.45, 7) is 0.131. The molecule has 0 aliphatic heterocycles. The Morgan fingerprint density at radius 1 is 1.40 bits per heavy atom. The zero-order valence-corrected chi connectivity index (χ0v) is 8.69. The van der Waals surface area contributed by atoms with Gasteiger partial charge in [-0.15, -0.1) is 0 Å². The van der Waals surface area contributed by atoms with Crippen LogP contribution in [0.4, 0.5) is 0 Å². The van der Waals surface area contributed by atoms with E-state index in [-0.39, 0.29) is 13.2 Å². The monoisotopic (exact) mass is 208 g/mol. The van der Waals surface area contributed by atoms with Crippen molar-refractivity contribution in [3.05, 3.63) is 18.0 Å². The Labute approximate surface area is 88.2 Å². The van der Waals surface area contributed by atoms with E-state index in [1.807, 2.05) is 6.07 Å². The van der Waals surface area contributed by atoms with Crippen LogP contribution in [-0.2, 0) is 11.2 Å². The van der Waals surface area contributed by atoms with E-state index in [0.29, 0.717) is 17.2 Å². The average Bonchev–Trinajstić information content (AvgIpc) is 2.27. The number of methoxy groups -OCH3 is 2. The van der Waals surface area contributed by atoms with Crippen molar-refractivity contribution in [1.29, 1.82) is 5.26 Å². The molecule has 0 spiro atoms. The quantitative estimate of drug-likeness (QED) is 0.679. The van der Waals surface area contributed by atoms with Gasteiger partial charge < -0.3 is 14.2 Å². The summed E-state index contributed by atoms with van der Waals surface area (Å²) in [5.41, 5.74) is 0.643. The maximum absolute atomic E-state index is 8.53. The normalized spacial score (nSPS) is 9.40. The zero-order chi connectivity index (χ0) is 11.1. The molecule has 15 heavy (non-hydrogen) atoms. The van der Waals surface area contributed by atoms with Crippen molar-refractivity contribution in [2.75, 3.05) is 21.0 Å². The van der Waals surface area contributed by atoms with E-state index >= 15 is 0 Å². The van der Waals surface area contributed by atoms with E-state index in [0.717, 1.165) is 0 Å². The van der Waals surface area contributed by atoms with E-state index in [4.69, 9.17) is 19.5 Å². The lowest BCUT2D eigenvalue weighted by molar-refractivity contribution is 0.0490. The molecule has 5 nitrogen and oxygen atoms in total. The molecular weight excluding hydrogens is 196 g/mol. The standard InChI is InChI=1S/C10H12N2O3/c1-13-7-15-9-5-8(3-4-11)12-6-10(9)14-2/h5-6H,3,7H2,1-2H3. The lowest BCUT2D eigenvalue weighted by Gasteiger charge is -2.09. The maximum Gasteiger partial charge on any atom is 0.188 e. The van der Waals surface area contributed by atoms with E-state index in [2.05, 4.69) is 4.98 Å². The largest absolute Gasteiger partial charge is 0.491 e. The predicted molar refractivity (Wildman–Crippen MR) is 52.6 cm³/mol. The van der Waals surface area contributed by atoms with Gasteiger partial charge in [0.1, 0.15) is 0 Å². The second-order valence-electron chi connectivity index (χ2n) is 2.71. The van der Waals surface area contributed by atoms with Crippen molar-refractivity contribution in [3.8, 4) is 17.6 Å². The Bertz CT molecular complexity index is 360. The first-order valence-electron chi connectivity index (χ1n) is 4.33. The molecule has 0 saturated carbocycles. The minimum atomic E-state index is 0.131. The summed E-state index contributed by atoms with van der Waals surface area (Å²) >= 11 is 0. The third-order valence-corrected chi connectivity index (χ3v) is 1.70. The number of ether oxygens (including phenoxy) is 3. The van der Waals surface area contributed by atoms with E-state index in [1.165, 1.54) is 20.4 Å². The first-order valence-corrected chi connectivity index (χ1v) is 4.33. The Morgan fingerprint density at radius 3 is 2.80 bits per heavy atom.